The third kappa shape index (κ3) is 2.33. The summed E-state index contributed by atoms with van der Waals surface area (Å²) >= 11 is 6.32. The maximum Gasteiger partial charge on any atom is 0.330 e. The fourth-order valence-electron chi connectivity index (χ4n) is 3.23. The van der Waals surface area contributed by atoms with Crippen LogP contribution in [0.1, 0.15) is 6.92 Å². The summed E-state index contributed by atoms with van der Waals surface area (Å²) in [6.45, 7) is 2.91. The molecule has 11 heteroatoms. The molecule has 138 valence electrons. The number of nitrogens with one attached hydrogen (secondary N) is 1. The van der Waals surface area contributed by atoms with Crippen LogP contribution >= 0.6 is 11.6 Å². The van der Waals surface area contributed by atoms with Crippen LogP contribution in [0.2, 0.25) is 5.02 Å². The number of imidazole rings is 1. The number of hydrogen-bond donors (Lipinski definition) is 1. The molecule has 1 aliphatic heterocycles. The number of pyridine rings is 1. The third-order valence-corrected chi connectivity index (χ3v) is 5.09. The van der Waals surface area contributed by atoms with E-state index in [2.05, 4.69) is 25.4 Å². The highest BCUT2D eigenvalue weighted by molar-refractivity contribution is 6.33. The molecule has 5 heterocycles. The van der Waals surface area contributed by atoms with Gasteiger partial charge in [-0.1, -0.05) is 11.6 Å². The van der Waals surface area contributed by atoms with Crippen molar-refractivity contribution in [1.29, 1.82) is 0 Å². The highest BCUT2D eigenvalue weighted by atomic mass is 35.5. The van der Waals surface area contributed by atoms with Crippen molar-refractivity contribution in [2.24, 2.45) is 7.05 Å². The molecule has 0 atom stereocenters. The minimum atomic E-state index is -0.417. The number of halogens is 1. The average molecular weight is 387 g/mol. The molecule has 0 radical (unpaired) electrons. The van der Waals surface area contributed by atoms with Crippen molar-refractivity contribution in [2.75, 3.05) is 18.5 Å². The number of hydrogen-bond acceptors (Lipinski definition) is 7. The molecule has 4 aromatic heterocycles. The lowest BCUT2D eigenvalue weighted by atomic mass is 10.0. The van der Waals surface area contributed by atoms with Gasteiger partial charge in [-0.25, -0.2) is 19.3 Å². The highest BCUT2D eigenvalue weighted by Crippen LogP contribution is 2.29. The Balaban J connectivity index is 1.62. The second kappa shape index (κ2) is 5.51. The second-order valence-electron chi connectivity index (χ2n) is 6.79. The summed E-state index contributed by atoms with van der Waals surface area (Å²) in [4.78, 5) is 25.7. The van der Waals surface area contributed by atoms with Gasteiger partial charge in [-0.15, -0.1) is 0 Å². The topological polar surface area (TPSA) is 104 Å². The van der Waals surface area contributed by atoms with Gasteiger partial charge in [-0.05, 0) is 6.92 Å². The Morgan fingerprint density at radius 1 is 1.33 bits per heavy atom. The molecule has 1 fully saturated rings. The zero-order valence-electron chi connectivity index (χ0n) is 14.5. The van der Waals surface area contributed by atoms with Crippen molar-refractivity contribution < 1.29 is 4.74 Å². The molecule has 5 rings (SSSR count). The van der Waals surface area contributed by atoms with Crippen molar-refractivity contribution in [3.05, 3.63) is 40.3 Å². The van der Waals surface area contributed by atoms with E-state index in [4.69, 9.17) is 16.3 Å². The van der Waals surface area contributed by atoms with E-state index in [-0.39, 0.29) is 5.69 Å². The maximum atomic E-state index is 12.7. The molecular formula is C16H15ClN8O2. The Morgan fingerprint density at radius 3 is 2.89 bits per heavy atom. The van der Waals surface area contributed by atoms with E-state index in [1.807, 2.05) is 6.92 Å². The minimum Gasteiger partial charge on any atom is -0.376 e. The lowest BCUT2D eigenvalue weighted by Gasteiger charge is -2.38. The van der Waals surface area contributed by atoms with Gasteiger partial charge in [-0.2, -0.15) is 10.1 Å². The lowest BCUT2D eigenvalue weighted by molar-refractivity contribution is -0.0896. The van der Waals surface area contributed by atoms with Crippen LogP contribution in [0, 0.1) is 0 Å². The molecule has 0 unspecified atom stereocenters. The molecule has 10 nitrogen and oxygen atoms in total. The number of ether oxygens (including phenoxy) is 1. The molecule has 0 bridgehead atoms. The summed E-state index contributed by atoms with van der Waals surface area (Å²) in [6, 6.07) is 1.70. The molecular weight excluding hydrogens is 372 g/mol. The van der Waals surface area contributed by atoms with Gasteiger partial charge in [0.2, 0.25) is 5.95 Å². The summed E-state index contributed by atoms with van der Waals surface area (Å²) < 4.78 is 10.1. The van der Waals surface area contributed by atoms with Crippen LogP contribution in [-0.4, -0.2) is 46.9 Å². The zero-order valence-corrected chi connectivity index (χ0v) is 15.3. The molecule has 0 saturated carbocycles. The Kier molecular flexibility index (Phi) is 3.31. The van der Waals surface area contributed by atoms with E-state index in [1.54, 1.807) is 34.6 Å². The van der Waals surface area contributed by atoms with Crippen LogP contribution in [0.5, 0.6) is 0 Å². The van der Waals surface area contributed by atoms with Crippen LogP contribution in [0.15, 0.2) is 29.6 Å². The van der Waals surface area contributed by atoms with Gasteiger partial charge < -0.3 is 10.1 Å². The first-order valence-electron chi connectivity index (χ1n) is 8.25. The molecule has 0 aliphatic carbocycles. The van der Waals surface area contributed by atoms with Gasteiger partial charge in [0, 0.05) is 13.1 Å². The van der Waals surface area contributed by atoms with Crippen LogP contribution < -0.4 is 11.0 Å². The van der Waals surface area contributed by atoms with E-state index in [0.717, 1.165) is 0 Å². The predicted molar refractivity (Wildman–Crippen MR) is 98.5 cm³/mol. The van der Waals surface area contributed by atoms with Crippen molar-refractivity contribution in [3.63, 3.8) is 0 Å². The predicted octanol–water partition coefficient (Wildman–Crippen LogP) is 1.32. The second-order valence-corrected chi connectivity index (χ2v) is 7.20. The van der Waals surface area contributed by atoms with Gasteiger partial charge in [0.05, 0.1) is 41.9 Å². The third-order valence-electron chi connectivity index (χ3n) is 4.78. The molecule has 0 spiro atoms. The fourth-order valence-corrected chi connectivity index (χ4v) is 3.43. The van der Waals surface area contributed by atoms with Crippen LogP contribution in [0.25, 0.3) is 16.8 Å². The number of aromatic nitrogens is 7. The molecule has 0 amide bonds. The number of fused-ring (bicyclic) bond motifs is 2. The summed E-state index contributed by atoms with van der Waals surface area (Å²) in [5, 5.41) is 7.65. The SMILES string of the molecule is Cn1c(=O)n(C2(C)COC2)c2nc(Nc3cn4ncnc4cc3Cl)ncc21. The summed E-state index contributed by atoms with van der Waals surface area (Å²) in [5.41, 5.74) is 1.85. The smallest absolute Gasteiger partial charge is 0.330 e. The maximum absolute atomic E-state index is 12.7. The Bertz CT molecular complexity index is 1250. The van der Waals surface area contributed by atoms with E-state index >= 15 is 0 Å². The zero-order chi connectivity index (χ0) is 18.8. The van der Waals surface area contributed by atoms with E-state index in [9.17, 15) is 4.79 Å². The van der Waals surface area contributed by atoms with Crippen LogP contribution in [-0.2, 0) is 17.3 Å². The quantitative estimate of drug-likeness (QED) is 0.566. The van der Waals surface area contributed by atoms with E-state index in [1.165, 1.54) is 10.9 Å². The summed E-state index contributed by atoms with van der Waals surface area (Å²) in [6.07, 6.45) is 4.77. The first kappa shape index (κ1) is 16.2. The number of aryl methyl sites for hydroxylation is 1. The first-order valence-corrected chi connectivity index (χ1v) is 8.63. The van der Waals surface area contributed by atoms with Gasteiger partial charge in [0.1, 0.15) is 11.8 Å². The molecule has 4 aromatic rings. The van der Waals surface area contributed by atoms with E-state index < -0.39 is 5.54 Å². The number of anilines is 2. The number of nitrogens with zero attached hydrogens (tertiary/aromatic N) is 7. The van der Waals surface area contributed by atoms with Crippen LogP contribution in [0.4, 0.5) is 11.6 Å². The Morgan fingerprint density at radius 2 is 2.15 bits per heavy atom. The molecule has 1 N–H and O–H groups in total. The van der Waals surface area contributed by atoms with Crippen molar-refractivity contribution in [1.82, 2.24) is 33.7 Å². The Labute approximate surface area is 157 Å². The average Bonchev–Trinajstić information content (AvgIpc) is 3.16. The molecule has 1 saturated heterocycles. The first-order chi connectivity index (χ1) is 13.0. The number of rotatable bonds is 3. The monoisotopic (exact) mass is 386 g/mol. The van der Waals surface area contributed by atoms with Gasteiger partial charge in [-0.3, -0.25) is 9.13 Å². The summed E-state index contributed by atoms with van der Waals surface area (Å²) in [5.74, 6) is 0.326. The minimum absolute atomic E-state index is 0.149. The van der Waals surface area contributed by atoms with Crippen LogP contribution in [0.3, 0.4) is 0 Å². The van der Waals surface area contributed by atoms with E-state index in [0.29, 0.717) is 46.7 Å². The molecule has 1 aliphatic rings. The van der Waals surface area contributed by atoms with Crippen molar-refractivity contribution >= 4 is 40.0 Å². The molecule has 27 heavy (non-hydrogen) atoms. The normalized spacial score (nSPS) is 16.0. The highest BCUT2D eigenvalue weighted by Gasteiger charge is 2.39. The van der Waals surface area contributed by atoms with Gasteiger partial charge in [0.25, 0.3) is 0 Å². The lowest BCUT2D eigenvalue weighted by Crippen LogP contribution is -2.53. The standard InChI is InChI=1S/C16H15ClN8O2/c1-16(6-27-7-16)25-13-11(23(2)15(25)26)4-18-14(22-13)21-10-5-24-12(3-9(10)17)19-8-20-24/h3-5,8H,6-7H2,1-2H3,(H,18,21,22). The fraction of sp³-hybridized carbons (Fsp3) is 0.312. The van der Waals surface area contributed by atoms with Crippen molar-refractivity contribution in [2.45, 2.75) is 12.5 Å². The summed E-state index contributed by atoms with van der Waals surface area (Å²) in [7, 11) is 1.70. The van der Waals surface area contributed by atoms with Gasteiger partial charge in [0.15, 0.2) is 11.3 Å². The largest absolute Gasteiger partial charge is 0.376 e. The Hall–Kier alpha value is -2.98. The van der Waals surface area contributed by atoms with Crippen molar-refractivity contribution in [3.8, 4) is 0 Å². The molecule has 0 aromatic carbocycles. The van der Waals surface area contributed by atoms with Gasteiger partial charge >= 0.3 is 5.69 Å².